The summed E-state index contributed by atoms with van der Waals surface area (Å²) in [4.78, 5) is 22.4. The van der Waals surface area contributed by atoms with Gasteiger partial charge in [0, 0.05) is 55.7 Å². The highest BCUT2D eigenvalue weighted by Crippen LogP contribution is 2.24. The molecule has 0 saturated carbocycles. The third-order valence-corrected chi connectivity index (χ3v) is 5.92. The Morgan fingerprint density at radius 3 is 1.72 bits per heavy atom. The number of rotatable bonds is 4. The van der Waals surface area contributed by atoms with Gasteiger partial charge in [0.05, 0.1) is 5.69 Å². The molecule has 0 aliphatic carbocycles. The van der Waals surface area contributed by atoms with Crippen LogP contribution in [-0.4, -0.2) is 70.3 Å². The smallest absolute Gasteiger partial charge is 0.235 e. The molecule has 2 aliphatic heterocycles. The fourth-order valence-corrected chi connectivity index (χ4v) is 4.57. The molecule has 4 rings (SSSR count). The van der Waals surface area contributed by atoms with Gasteiger partial charge in [0.25, 0.3) is 0 Å². The molecule has 2 fully saturated rings. The van der Waals surface area contributed by atoms with E-state index in [4.69, 9.17) is 27.9 Å². The van der Waals surface area contributed by atoms with Gasteiger partial charge in [-0.2, -0.15) is 15.0 Å². The van der Waals surface area contributed by atoms with Crippen molar-refractivity contribution in [2.24, 2.45) is 22.9 Å². The van der Waals surface area contributed by atoms with Crippen LogP contribution in [0.1, 0.15) is 18.5 Å². The van der Waals surface area contributed by atoms with Crippen molar-refractivity contribution in [2.75, 3.05) is 41.3 Å². The van der Waals surface area contributed by atoms with E-state index in [1.54, 1.807) is 0 Å². The molecule has 2 saturated heterocycles. The lowest BCUT2D eigenvalue weighted by Crippen LogP contribution is -2.54. The average molecular weight is 420 g/mol. The highest BCUT2D eigenvalue weighted by atomic mass is 32.1. The maximum Gasteiger partial charge on any atom is 0.235 e. The first-order valence-electron chi connectivity index (χ1n) is 9.83. The summed E-state index contributed by atoms with van der Waals surface area (Å²) in [5.74, 6) is 1.52. The Bertz CT molecular complexity index is 778. The van der Waals surface area contributed by atoms with E-state index in [-0.39, 0.29) is 24.2 Å². The number of nitrogens with two attached hydrogens (primary N) is 4. The lowest BCUT2D eigenvalue weighted by atomic mass is 10.0. The lowest BCUT2D eigenvalue weighted by molar-refractivity contribution is 0.441. The number of aryl methyl sites for hydroxylation is 1. The van der Waals surface area contributed by atoms with Gasteiger partial charge in [-0.05, 0) is 19.8 Å². The van der Waals surface area contributed by atoms with Crippen molar-refractivity contribution >= 4 is 34.3 Å². The van der Waals surface area contributed by atoms with Gasteiger partial charge in [0.1, 0.15) is 0 Å². The van der Waals surface area contributed by atoms with Crippen LogP contribution in [0.25, 0.3) is 0 Å². The quantitative estimate of drug-likeness (QED) is 0.416. The zero-order valence-electron chi connectivity index (χ0n) is 16.5. The van der Waals surface area contributed by atoms with Crippen LogP contribution in [0.15, 0.2) is 5.38 Å². The van der Waals surface area contributed by atoms with Crippen LogP contribution in [-0.2, 0) is 0 Å². The van der Waals surface area contributed by atoms with Crippen LogP contribution in [0, 0.1) is 6.92 Å². The summed E-state index contributed by atoms with van der Waals surface area (Å²) in [7, 11) is 0. The Morgan fingerprint density at radius 1 is 0.828 bits per heavy atom. The van der Waals surface area contributed by atoms with Crippen molar-refractivity contribution in [3.63, 3.8) is 0 Å². The number of hydrogen-bond donors (Lipinski definition) is 5. The Hall–Kier alpha value is -2.12. The first-order chi connectivity index (χ1) is 13.9. The normalized spacial score (nSPS) is 27.9. The molecule has 12 heteroatoms. The Balaban J connectivity index is 1.66. The highest BCUT2D eigenvalue weighted by Gasteiger charge is 2.28. The number of nitrogens with zero attached hydrogens (tertiary/aromatic N) is 6. The molecule has 2 aromatic rings. The largest absolute Gasteiger partial charge is 0.338 e. The molecule has 4 heterocycles. The van der Waals surface area contributed by atoms with Crippen LogP contribution in [0.2, 0.25) is 0 Å². The van der Waals surface area contributed by atoms with E-state index in [0.29, 0.717) is 44.0 Å². The summed E-state index contributed by atoms with van der Waals surface area (Å²) in [6.45, 7) is 4.52. The van der Waals surface area contributed by atoms with E-state index in [1.807, 2.05) is 22.1 Å². The number of anilines is 4. The second-order valence-electron chi connectivity index (χ2n) is 8.00. The van der Waals surface area contributed by atoms with Gasteiger partial charge in [-0.3, -0.25) is 5.32 Å². The van der Waals surface area contributed by atoms with Gasteiger partial charge in [0.2, 0.25) is 17.8 Å². The Morgan fingerprint density at radius 2 is 1.31 bits per heavy atom. The van der Waals surface area contributed by atoms with Gasteiger partial charge < -0.3 is 32.7 Å². The third kappa shape index (κ3) is 4.90. The van der Waals surface area contributed by atoms with Gasteiger partial charge in [-0.15, -0.1) is 11.3 Å². The maximum absolute atomic E-state index is 6.17. The minimum Gasteiger partial charge on any atom is -0.338 e. The second kappa shape index (κ2) is 8.32. The van der Waals surface area contributed by atoms with E-state index >= 15 is 0 Å². The monoisotopic (exact) mass is 419 g/mol. The summed E-state index contributed by atoms with van der Waals surface area (Å²) in [5, 5.41) is 5.89. The molecule has 4 unspecified atom stereocenters. The number of nitrogens with one attached hydrogen (secondary N) is 1. The number of hydrogen-bond acceptors (Lipinski definition) is 12. The third-order valence-electron chi connectivity index (χ3n) is 5.05. The summed E-state index contributed by atoms with van der Waals surface area (Å²) >= 11 is 1.50. The van der Waals surface area contributed by atoms with E-state index in [1.165, 1.54) is 11.3 Å². The number of piperidine rings is 2. The second-order valence-corrected chi connectivity index (χ2v) is 8.86. The molecule has 0 radical (unpaired) electrons. The van der Waals surface area contributed by atoms with Gasteiger partial charge in [0.15, 0.2) is 5.13 Å². The maximum atomic E-state index is 6.17. The van der Waals surface area contributed by atoms with Gasteiger partial charge in [-0.25, -0.2) is 4.98 Å². The molecule has 158 valence electrons. The molecular weight excluding hydrogens is 390 g/mol. The van der Waals surface area contributed by atoms with Gasteiger partial charge in [-0.1, -0.05) is 0 Å². The van der Waals surface area contributed by atoms with Crippen molar-refractivity contribution in [3.05, 3.63) is 11.1 Å². The molecule has 29 heavy (non-hydrogen) atoms. The molecule has 0 amide bonds. The predicted molar refractivity (Wildman–Crippen MR) is 116 cm³/mol. The Kier molecular flexibility index (Phi) is 5.79. The van der Waals surface area contributed by atoms with Crippen molar-refractivity contribution < 1.29 is 0 Å². The molecule has 0 spiro atoms. The van der Waals surface area contributed by atoms with Crippen LogP contribution in [0.4, 0.5) is 23.0 Å². The summed E-state index contributed by atoms with van der Waals surface area (Å²) in [6, 6.07) is -0.0785. The Labute approximate surface area is 173 Å². The highest BCUT2D eigenvalue weighted by molar-refractivity contribution is 7.13. The van der Waals surface area contributed by atoms with E-state index in [9.17, 15) is 0 Å². The standard InChI is InChI=1S/C17H29N11S/c1-9-8-29-17(22-9)25-14-23-15(27-4-10(18)2-11(19)5-27)26-16(24-14)28-6-12(20)3-13(21)7-28/h8,10-13H,2-7,18-21H2,1H3,(H,22,23,24,25,26). The SMILES string of the molecule is Cc1csc(Nc2nc(N3CC(N)CC(N)C3)nc(N3CC(N)CC(N)C3)n2)n1. The van der Waals surface area contributed by atoms with E-state index in [0.717, 1.165) is 23.7 Å². The van der Waals surface area contributed by atoms with Crippen LogP contribution in [0.3, 0.4) is 0 Å². The molecule has 2 aliphatic rings. The number of aromatic nitrogens is 4. The lowest BCUT2D eigenvalue weighted by Gasteiger charge is -2.36. The fraction of sp³-hybridized carbons (Fsp3) is 0.647. The molecule has 4 atom stereocenters. The zero-order chi connectivity index (χ0) is 20.5. The topological polar surface area (TPSA) is 174 Å². The molecule has 9 N–H and O–H groups in total. The predicted octanol–water partition coefficient (Wildman–Crippen LogP) is -0.890. The molecule has 11 nitrogen and oxygen atoms in total. The molecule has 0 aromatic carbocycles. The molecule has 2 aromatic heterocycles. The van der Waals surface area contributed by atoms with Crippen LogP contribution >= 0.6 is 11.3 Å². The first-order valence-corrected chi connectivity index (χ1v) is 10.7. The van der Waals surface area contributed by atoms with Crippen LogP contribution in [0.5, 0.6) is 0 Å². The fourth-order valence-electron chi connectivity index (χ4n) is 3.88. The minimum absolute atomic E-state index is 0.0196. The average Bonchev–Trinajstić information content (AvgIpc) is 3.04. The summed E-state index contributed by atoms with van der Waals surface area (Å²) in [5.41, 5.74) is 25.6. The first kappa shape index (κ1) is 20.2. The summed E-state index contributed by atoms with van der Waals surface area (Å²) in [6.07, 6.45) is 1.57. The zero-order valence-corrected chi connectivity index (χ0v) is 17.3. The van der Waals surface area contributed by atoms with Crippen molar-refractivity contribution in [3.8, 4) is 0 Å². The van der Waals surface area contributed by atoms with Gasteiger partial charge >= 0.3 is 0 Å². The molecular formula is C17H29N11S. The van der Waals surface area contributed by atoms with Crippen LogP contribution < -0.4 is 38.1 Å². The van der Waals surface area contributed by atoms with Crippen molar-refractivity contribution in [1.29, 1.82) is 0 Å². The minimum atomic E-state index is -0.0196. The van der Waals surface area contributed by atoms with Crippen molar-refractivity contribution in [2.45, 2.75) is 43.9 Å². The summed E-state index contributed by atoms with van der Waals surface area (Å²) < 4.78 is 0. The van der Waals surface area contributed by atoms with Crippen molar-refractivity contribution in [1.82, 2.24) is 19.9 Å². The van der Waals surface area contributed by atoms with E-state index < -0.39 is 0 Å². The molecule has 0 bridgehead atoms. The van der Waals surface area contributed by atoms with E-state index in [2.05, 4.69) is 20.3 Å². The number of thiazole rings is 1.